The second kappa shape index (κ2) is 9.82. The van der Waals surface area contributed by atoms with E-state index in [0.717, 1.165) is 16.9 Å². The summed E-state index contributed by atoms with van der Waals surface area (Å²) < 4.78 is 67.0. The molecular formula is C21H22FNO4S3. The summed E-state index contributed by atoms with van der Waals surface area (Å²) in [6.07, 6.45) is 1.02. The second-order valence-electron chi connectivity index (χ2n) is 6.77. The van der Waals surface area contributed by atoms with E-state index in [1.54, 1.807) is 11.4 Å². The predicted octanol–water partition coefficient (Wildman–Crippen LogP) is 3.95. The molecule has 0 amide bonds. The summed E-state index contributed by atoms with van der Waals surface area (Å²) in [5.41, 5.74) is 1.37. The third-order valence-corrected chi connectivity index (χ3v) is 9.57. The van der Waals surface area contributed by atoms with Gasteiger partial charge in [-0.15, -0.1) is 11.3 Å². The molecule has 0 fully saturated rings. The molecule has 1 aromatic heterocycles. The van der Waals surface area contributed by atoms with Gasteiger partial charge in [-0.25, -0.2) is 25.9 Å². The van der Waals surface area contributed by atoms with Crippen LogP contribution in [0.2, 0.25) is 0 Å². The molecule has 0 radical (unpaired) electrons. The second-order valence-corrected chi connectivity index (χ2v) is 12.0. The minimum Gasteiger partial charge on any atom is -0.222 e. The van der Waals surface area contributed by atoms with Gasteiger partial charge < -0.3 is 0 Å². The molecule has 0 spiro atoms. The summed E-state index contributed by atoms with van der Waals surface area (Å²) >= 11 is 1.06. The van der Waals surface area contributed by atoms with Crippen molar-refractivity contribution in [3.05, 3.63) is 89.1 Å². The highest BCUT2D eigenvalue weighted by Crippen LogP contribution is 2.31. The zero-order valence-corrected chi connectivity index (χ0v) is 18.5. The predicted molar refractivity (Wildman–Crippen MR) is 117 cm³/mol. The molecule has 0 aliphatic carbocycles. The quantitative estimate of drug-likeness (QED) is 0.490. The van der Waals surface area contributed by atoms with Gasteiger partial charge in [-0.05, 0) is 47.5 Å². The molecule has 0 aliphatic rings. The van der Waals surface area contributed by atoms with Crippen molar-refractivity contribution < 1.29 is 21.2 Å². The number of hydrogen-bond acceptors (Lipinski definition) is 5. The fourth-order valence-corrected chi connectivity index (χ4v) is 7.10. The topological polar surface area (TPSA) is 80.3 Å². The van der Waals surface area contributed by atoms with E-state index in [0.29, 0.717) is 18.4 Å². The van der Waals surface area contributed by atoms with E-state index in [-0.39, 0.29) is 16.5 Å². The summed E-state index contributed by atoms with van der Waals surface area (Å²) in [6, 6.07) is 17.7. The number of hydrogen-bond donors (Lipinski definition) is 1. The molecule has 0 saturated carbocycles. The molecule has 1 heterocycles. The van der Waals surface area contributed by atoms with E-state index in [1.807, 2.05) is 30.3 Å². The molecule has 0 saturated heterocycles. The SMILES string of the molecule is O=S(=O)(CCCc1ccccc1)NC[C@@H](c1ccc(F)cc1)S(=O)(=O)c1cccs1. The Kier molecular flexibility index (Phi) is 7.41. The summed E-state index contributed by atoms with van der Waals surface area (Å²) in [7, 11) is -7.52. The van der Waals surface area contributed by atoms with Crippen LogP contribution in [-0.2, 0) is 26.3 Å². The lowest BCUT2D eigenvalue weighted by Gasteiger charge is -2.18. The fourth-order valence-electron chi connectivity index (χ4n) is 3.04. The van der Waals surface area contributed by atoms with Gasteiger partial charge in [-0.2, -0.15) is 0 Å². The first kappa shape index (κ1) is 22.6. The lowest BCUT2D eigenvalue weighted by molar-refractivity contribution is 0.567. The van der Waals surface area contributed by atoms with E-state index in [4.69, 9.17) is 0 Å². The molecule has 0 unspecified atom stereocenters. The van der Waals surface area contributed by atoms with Crippen LogP contribution in [0, 0.1) is 5.82 Å². The van der Waals surface area contributed by atoms with Crippen molar-refractivity contribution in [2.24, 2.45) is 0 Å². The third-order valence-electron chi connectivity index (χ3n) is 4.60. The van der Waals surface area contributed by atoms with Crippen LogP contribution in [0.1, 0.15) is 22.8 Å². The van der Waals surface area contributed by atoms with Crippen molar-refractivity contribution in [3.63, 3.8) is 0 Å². The standard InChI is InChI=1S/C21H22FNO4S3/c22-19-12-10-18(11-13-19)20(30(26,27)21-9-4-14-28-21)16-23-29(24,25)15-5-8-17-6-2-1-3-7-17/h1-4,6-7,9-14,20,23H,5,8,15-16H2/t20-/m0/s1. The normalized spacial score (nSPS) is 13.2. The minimum absolute atomic E-state index is 0.114. The summed E-state index contributed by atoms with van der Waals surface area (Å²) in [6.45, 7) is -0.320. The molecule has 30 heavy (non-hydrogen) atoms. The number of rotatable bonds is 10. The number of benzene rings is 2. The van der Waals surface area contributed by atoms with Gasteiger partial charge in [-0.3, -0.25) is 0 Å². The largest absolute Gasteiger partial charge is 0.222 e. The van der Waals surface area contributed by atoms with Crippen molar-refractivity contribution in [1.29, 1.82) is 0 Å². The number of aryl methyl sites for hydroxylation is 1. The van der Waals surface area contributed by atoms with E-state index in [2.05, 4.69) is 4.72 Å². The average Bonchev–Trinajstić information content (AvgIpc) is 3.26. The highest BCUT2D eigenvalue weighted by atomic mass is 32.2. The van der Waals surface area contributed by atoms with Gasteiger partial charge in [0.1, 0.15) is 15.3 Å². The van der Waals surface area contributed by atoms with Gasteiger partial charge in [0.25, 0.3) is 0 Å². The van der Waals surface area contributed by atoms with Gasteiger partial charge >= 0.3 is 0 Å². The maximum atomic E-state index is 13.3. The molecule has 160 valence electrons. The zero-order chi connectivity index (χ0) is 21.6. The number of sulfone groups is 1. The third kappa shape index (κ3) is 5.98. The number of halogens is 1. The van der Waals surface area contributed by atoms with Gasteiger partial charge in [0, 0.05) is 6.54 Å². The van der Waals surface area contributed by atoms with Crippen molar-refractivity contribution in [2.45, 2.75) is 22.3 Å². The lowest BCUT2D eigenvalue weighted by atomic mass is 10.1. The molecule has 3 rings (SSSR count). The smallest absolute Gasteiger partial charge is 0.211 e. The van der Waals surface area contributed by atoms with Gasteiger partial charge in [0.15, 0.2) is 9.84 Å². The Bertz CT molecular complexity index is 1140. The van der Waals surface area contributed by atoms with Crippen LogP contribution in [0.25, 0.3) is 0 Å². The van der Waals surface area contributed by atoms with Crippen molar-refractivity contribution in [1.82, 2.24) is 4.72 Å². The maximum Gasteiger partial charge on any atom is 0.211 e. The van der Waals surface area contributed by atoms with Crippen molar-refractivity contribution in [2.75, 3.05) is 12.3 Å². The minimum atomic E-state index is -3.84. The number of sulfonamides is 1. The van der Waals surface area contributed by atoms with E-state index in [1.165, 1.54) is 30.3 Å². The molecular weight excluding hydrogens is 445 g/mol. The maximum absolute atomic E-state index is 13.3. The Labute approximate surface area is 180 Å². The molecule has 0 aliphatic heterocycles. The number of thiophene rings is 1. The van der Waals surface area contributed by atoms with Crippen LogP contribution in [0.4, 0.5) is 4.39 Å². The Balaban J connectivity index is 1.72. The monoisotopic (exact) mass is 467 g/mol. The van der Waals surface area contributed by atoms with Gasteiger partial charge in [0.05, 0.1) is 5.75 Å². The van der Waals surface area contributed by atoms with Crippen LogP contribution >= 0.6 is 11.3 Å². The highest BCUT2D eigenvalue weighted by Gasteiger charge is 2.31. The number of nitrogens with one attached hydrogen (secondary N) is 1. The van der Waals surface area contributed by atoms with Crippen LogP contribution in [0.5, 0.6) is 0 Å². The molecule has 9 heteroatoms. The Morgan fingerprint density at radius 2 is 1.60 bits per heavy atom. The lowest BCUT2D eigenvalue weighted by Crippen LogP contribution is -2.33. The molecule has 5 nitrogen and oxygen atoms in total. The molecule has 1 atom stereocenters. The van der Waals surface area contributed by atoms with E-state index < -0.39 is 30.9 Å². The molecule has 0 bridgehead atoms. The first-order chi connectivity index (χ1) is 14.3. The fraction of sp³-hybridized carbons (Fsp3) is 0.238. The van der Waals surface area contributed by atoms with Crippen LogP contribution in [0.15, 0.2) is 76.3 Å². The Hall–Kier alpha value is -2.07. The van der Waals surface area contributed by atoms with E-state index in [9.17, 15) is 21.2 Å². The summed E-state index contributed by atoms with van der Waals surface area (Å²) in [4.78, 5) is 0. The first-order valence-corrected chi connectivity index (χ1v) is 13.4. The van der Waals surface area contributed by atoms with Crippen LogP contribution in [-0.4, -0.2) is 29.1 Å². The van der Waals surface area contributed by atoms with Crippen LogP contribution < -0.4 is 4.72 Å². The van der Waals surface area contributed by atoms with Gasteiger partial charge in [-0.1, -0.05) is 48.5 Å². The Morgan fingerprint density at radius 1 is 0.900 bits per heavy atom. The van der Waals surface area contributed by atoms with Crippen molar-refractivity contribution in [3.8, 4) is 0 Å². The zero-order valence-electron chi connectivity index (χ0n) is 16.1. The Morgan fingerprint density at radius 3 is 2.23 bits per heavy atom. The van der Waals surface area contributed by atoms with E-state index >= 15 is 0 Å². The highest BCUT2D eigenvalue weighted by molar-refractivity contribution is 7.93. The molecule has 1 N–H and O–H groups in total. The molecule has 3 aromatic rings. The molecule has 2 aromatic carbocycles. The first-order valence-electron chi connectivity index (χ1n) is 9.32. The summed E-state index contributed by atoms with van der Waals surface area (Å²) in [5, 5.41) is 0.489. The van der Waals surface area contributed by atoms with Gasteiger partial charge in [0.2, 0.25) is 10.0 Å². The van der Waals surface area contributed by atoms with Crippen molar-refractivity contribution >= 4 is 31.2 Å². The average molecular weight is 468 g/mol. The van der Waals surface area contributed by atoms with Crippen LogP contribution in [0.3, 0.4) is 0 Å². The summed E-state index contributed by atoms with van der Waals surface area (Å²) in [5.74, 6) is -0.607.